The number of anilines is 1. The Bertz CT molecular complexity index is 869. The van der Waals surface area contributed by atoms with E-state index in [1.54, 1.807) is 11.8 Å². The molecule has 2 heterocycles. The molecule has 4 nitrogen and oxygen atoms in total. The van der Waals surface area contributed by atoms with Gasteiger partial charge in [0.05, 0.1) is 0 Å². The van der Waals surface area contributed by atoms with E-state index in [0.717, 1.165) is 22.6 Å². The standard InChI is InChI=1S/C23H27N3OS/c1-15(23(27)25-16-12-17-8-9-18(13-16)26(17)2)21-14-20(10-11-22(21)24)28-19-6-4-3-5-7-19/h3-7,10-11,14,16-18H,1,8-9,12-13,24H2,2H3,(H,25,27). The van der Waals surface area contributed by atoms with Gasteiger partial charge in [0.1, 0.15) is 0 Å². The summed E-state index contributed by atoms with van der Waals surface area (Å²) in [6, 6.07) is 17.4. The van der Waals surface area contributed by atoms with E-state index in [4.69, 9.17) is 5.73 Å². The van der Waals surface area contributed by atoms with Gasteiger partial charge in [-0.25, -0.2) is 0 Å². The molecule has 2 aliphatic rings. The van der Waals surface area contributed by atoms with E-state index in [-0.39, 0.29) is 11.9 Å². The quantitative estimate of drug-likeness (QED) is 0.591. The fourth-order valence-electron chi connectivity index (χ4n) is 4.41. The number of hydrogen-bond acceptors (Lipinski definition) is 4. The fraction of sp³-hybridized carbons (Fsp3) is 0.348. The number of nitrogens with one attached hydrogen (secondary N) is 1. The van der Waals surface area contributed by atoms with Gasteiger partial charge in [-0.15, -0.1) is 0 Å². The van der Waals surface area contributed by atoms with Crippen molar-refractivity contribution >= 4 is 28.9 Å². The summed E-state index contributed by atoms with van der Waals surface area (Å²) in [4.78, 5) is 17.5. The van der Waals surface area contributed by atoms with E-state index < -0.39 is 0 Å². The molecule has 2 unspecified atom stereocenters. The van der Waals surface area contributed by atoms with Crippen LogP contribution in [0, 0.1) is 0 Å². The summed E-state index contributed by atoms with van der Waals surface area (Å²) in [5, 5.41) is 3.21. The maximum atomic E-state index is 12.9. The van der Waals surface area contributed by atoms with Crippen LogP contribution in [0.2, 0.25) is 0 Å². The maximum absolute atomic E-state index is 12.9. The van der Waals surface area contributed by atoms with Crippen LogP contribution in [0.3, 0.4) is 0 Å². The summed E-state index contributed by atoms with van der Waals surface area (Å²) >= 11 is 1.65. The minimum atomic E-state index is -0.109. The number of amides is 1. The number of fused-ring (bicyclic) bond motifs is 2. The molecule has 2 aliphatic heterocycles. The minimum Gasteiger partial charge on any atom is -0.398 e. The average molecular weight is 394 g/mol. The number of nitrogens with zero attached hydrogens (tertiary/aromatic N) is 1. The average Bonchev–Trinajstić information content (AvgIpc) is 2.90. The van der Waals surface area contributed by atoms with E-state index in [1.165, 1.54) is 12.8 Å². The number of hydrogen-bond donors (Lipinski definition) is 2. The Kier molecular flexibility index (Phi) is 5.47. The SMILES string of the molecule is C=C(C(=O)NC1CC2CCC(C1)N2C)c1cc(Sc2ccccc2)ccc1N. The summed E-state index contributed by atoms with van der Waals surface area (Å²) in [5.74, 6) is -0.109. The van der Waals surface area contributed by atoms with Crippen LogP contribution in [0.15, 0.2) is 64.9 Å². The number of nitrogens with two attached hydrogens (primary N) is 1. The highest BCUT2D eigenvalue weighted by molar-refractivity contribution is 7.99. The van der Waals surface area contributed by atoms with Crippen molar-refractivity contribution in [3.8, 4) is 0 Å². The Morgan fingerprint density at radius 1 is 1.11 bits per heavy atom. The van der Waals surface area contributed by atoms with Crippen LogP contribution in [-0.4, -0.2) is 36.0 Å². The summed E-state index contributed by atoms with van der Waals surface area (Å²) in [5.41, 5.74) is 7.92. The molecule has 0 saturated carbocycles. The van der Waals surface area contributed by atoms with Crippen molar-refractivity contribution in [2.24, 2.45) is 0 Å². The molecule has 2 saturated heterocycles. The Balaban J connectivity index is 1.45. The van der Waals surface area contributed by atoms with Crippen molar-refractivity contribution in [3.05, 3.63) is 60.7 Å². The molecule has 2 bridgehead atoms. The topological polar surface area (TPSA) is 58.4 Å². The zero-order chi connectivity index (χ0) is 19.7. The van der Waals surface area contributed by atoms with Gasteiger partial charge in [0.2, 0.25) is 0 Å². The van der Waals surface area contributed by atoms with E-state index in [9.17, 15) is 4.79 Å². The molecule has 2 aromatic rings. The lowest BCUT2D eigenvalue weighted by Gasteiger charge is -2.36. The van der Waals surface area contributed by atoms with Gasteiger partial charge in [-0.3, -0.25) is 4.79 Å². The second-order valence-electron chi connectivity index (χ2n) is 7.83. The Labute approximate surface area is 171 Å². The van der Waals surface area contributed by atoms with Gasteiger partial charge in [-0.05, 0) is 63.1 Å². The molecular formula is C23H27N3OS. The van der Waals surface area contributed by atoms with Crippen LogP contribution in [0.5, 0.6) is 0 Å². The number of piperidine rings is 1. The number of carbonyl (C=O) groups is 1. The minimum absolute atomic E-state index is 0.109. The van der Waals surface area contributed by atoms with E-state index in [1.807, 2.05) is 36.4 Å². The summed E-state index contributed by atoms with van der Waals surface area (Å²) in [6.07, 6.45) is 4.51. The highest BCUT2D eigenvalue weighted by Gasteiger charge is 2.38. The largest absolute Gasteiger partial charge is 0.398 e. The van der Waals surface area contributed by atoms with Crippen LogP contribution in [-0.2, 0) is 4.79 Å². The number of benzene rings is 2. The third kappa shape index (κ3) is 3.96. The lowest BCUT2D eigenvalue weighted by molar-refractivity contribution is -0.116. The van der Waals surface area contributed by atoms with Gasteiger partial charge in [0, 0.05) is 44.7 Å². The van der Waals surface area contributed by atoms with Gasteiger partial charge < -0.3 is 16.0 Å². The lowest BCUT2D eigenvalue weighted by Crippen LogP contribution is -2.48. The number of rotatable bonds is 5. The molecule has 5 heteroatoms. The predicted molar refractivity (Wildman–Crippen MR) is 116 cm³/mol. The van der Waals surface area contributed by atoms with E-state index in [2.05, 4.69) is 36.0 Å². The first kappa shape index (κ1) is 19.1. The molecule has 28 heavy (non-hydrogen) atoms. The molecule has 0 spiro atoms. The number of nitrogen functional groups attached to an aromatic ring is 1. The molecule has 0 radical (unpaired) electrons. The van der Waals surface area contributed by atoms with Crippen molar-refractivity contribution in [1.82, 2.24) is 10.2 Å². The molecule has 2 atom stereocenters. The van der Waals surface area contributed by atoms with Crippen LogP contribution in [0.4, 0.5) is 5.69 Å². The van der Waals surface area contributed by atoms with Crippen molar-refractivity contribution in [2.45, 2.75) is 53.6 Å². The smallest absolute Gasteiger partial charge is 0.251 e. The van der Waals surface area contributed by atoms with Gasteiger partial charge in [-0.2, -0.15) is 0 Å². The van der Waals surface area contributed by atoms with Gasteiger partial charge in [-0.1, -0.05) is 36.5 Å². The van der Waals surface area contributed by atoms with Crippen LogP contribution in [0.1, 0.15) is 31.2 Å². The highest BCUT2D eigenvalue weighted by Crippen LogP contribution is 2.35. The lowest BCUT2D eigenvalue weighted by atomic mass is 9.97. The molecule has 4 rings (SSSR count). The summed E-state index contributed by atoms with van der Waals surface area (Å²) < 4.78 is 0. The summed E-state index contributed by atoms with van der Waals surface area (Å²) in [7, 11) is 2.20. The van der Waals surface area contributed by atoms with Crippen LogP contribution < -0.4 is 11.1 Å². The second-order valence-corrected chi connectivity index (χ2v) is 8.98. The fourth-order valence-corrected chi connectivity index (χ4v) is 5.29. The molecule has 2 aromatic carbocycles. The third-order valence-electron chi connectivity index (χ3n) is 6.04. The molecular weight excluding hydrogens is 366 g/mol. The zero-order valence-electron chi connectivity index (χ0n) is 16.2. The van der Waals surface area contributed by atoms with Crippen LogP contribution >= 0.6 is 11.8 Å². The normalized spacial score (nSPS) is 24.1. The summed E-state index contributed by atoms with van der Waals surface area (Å²) in [6.45, 7) is 4.06. The van der Waals surface area contributed by atoms with Crippen molar-refractivity contribution in [3.63, 3.8) is 0 Å². The van der Waals surface area contributed by atoms with Gasteiger partial charge in [0.15, 0.2) is 0 Å². The van der Waals surface area contributed by atoms with Gasteiger partial charge >= 0.3 is 0 Å². The third-order valence-corrected chi connectivity index (χ3v) is 7.03. The first-order valence-corrected chi connectivity index (χ1v) is 10.7. The molecule has 1 amide bonds. The van der Waals surface area contributed by atoms with Crippen molar-refractivity contribution in [2.75, 3.05) is 12.8 Å². The van der Waals surface area contributed by atoms with Crippen molar-refractivity contribution in [1.29, 1.82) is 0 Å². The molecule has 0 aliphatic carbocycles. The predicted octanol–water partition coefficient (Wildman–Crippen LogP) is 4.17. The van der Waals surface area contributed by atoms with Crippen LogP contribution in [0.25, 0.3) is 5.57 Å². The zero-order valence-corrected chi connectivity index (χ0v) is 17.0. The van der Waals surface area contributed by atoms with E-state index >= 15 is 0 Å². The Morgan fingerprint density at radius 3 is 2.46 bits per heavy atom. The maximum Gasteiger partial charge on any atom is 0.251 e. The van der Waals surface area contributed by atoms with Gasteiger partial charge in [0.25, 0.3) is 5.91 Å². The molecule has 3 N–H and O–H groups in total. The molecule has 146 valence electrons. The first-order valence-electron chi connectivity index (χ1n) is 9.86. The Hall–Kier alpha value is -2.24. The second kappa shape index (κ2) is 8.02. The molecule has 2 fully saturated rings. The highest BCUT2D eigenvalue weighted by atomic mass is 32.2. The van der Waals surface area contributed by atoms with E-state index in [0.29, 0.717) is 28.9 Å². The van der Waals surface area contributed by atoms with Crippen molar-refractivity contribution < 1.29 is 4.79 Å². The first-order chi connectivity index (χ1) is 13.5. The molecule has 0 aromatic heterocycles. The monoisotopic (exact) mass is 393 g/mol. The number of carbonyl (C=O) groups excluding carboxylic acids is 1. The Morgan fingerprint density at radius 2 is 1.79 bits per heavy atom.